The zero-order valence-corrected chi connectivity index (χ0v) is 12.0. The SMILES string of the molecule is CCN1CCC(NCCCCSC)C(C)C1. The molecule has 96 valence electrons. The fourth-order valence-corrected chi connectivity index (χ4v) is 2.97. The highest BCUT2D eigenvalue weighted by Gasteiger charge is 2.24. The second-order valence-corrected chi connectivity index (χ2v) is 5.91. The molecule has 1 aliphatic heterocycles. The monoisotopic (exact) mass is 244 g/mol. The number of unbranched alkanes of at least 4 members (excludes halogenated alkanes) is 1. The number of nitrogens with one attached hydrogen (secondary N) is 1. The Morgan fingerprint density at radius 1 is 1.38 bits per heavy atom. The number of thioether (sulfide) groups is 1. The third-order valence-electron chi connectivity index (χ3n) is 3.62. The number of piperidine rings is 1. The minimum Gasteiger partial charge on any atom is -0.314 e. The Morgan fingerprint density at radius 2 is 2.19 bits per heavy atom. The van der Waals surface area contributed by atoms with Crippen molar-refractivity contribution in [3.8, 4) is 0 Å². The predicted molar refractivity (Wildman–Crippen MR) is 75.3 cm³/mol. The molecular weight excluding hydrogens is 216 g/mol. The van der Waals surface area contributed by atoms with E-state index in [1.54, 1.807) is 0 Å². The molecule has 0 spiro atoms. The van der Waals surface area contributed by atoms with Crippen molar-refractivity contribution in [1.82, 2.24) is 10.2 Å². The van der Waals surface area contributed by atoms with Crippen molar-refractivity contribution in [3.05, 3.63) is 0 Å². The first-order chi connectivity index (χ1) is 7.77. The van der Waals surface area contributed by atoms with Crippen LogP contribution in [0.3, 0.4) is 0 Å². The van der Waals surface area contributed by atoms with Gasteiger partial charge in [-0.05, 0) is 56.8 Å². The molecule has 0 amide bonds. The van der Waals surface area contributed by atoms with Crippen molar-refractivity contribution in [2.24, 2.45) is 5.92 Å². The van der Waals surface area contributed by atoms with E-state index in [4.69, 9.17) is 0 Å². The molecule has 0 aromatic carbocycles. The predicted octanol–water partition coefficient (Wildman–Crippen LogP) is 2.45. The van der Waals surface area contributed by atoms with Crippen molar-refractivity contribution in [3.63, 3.8) is 0 Å². The maximum atomic E-state index is 3.74. The highest BCUT2D eigenvalue weighted by molar-refractivity contribution is 7.98. The molecule has 0 aromatic heterocycles. The Balaban J connectivity index is 2.08. The van der Waals surface area contributed by atoms with Gasteiger partial charge in [-0.2, -0.15) is 11.8 Å². The average molecular weight is 244 g/mol. The van der Waals surface area contributed by atoms with Gasteiger partial charge in [-0.15, -0.1) is 0 Å². The van der Waals surface area contributed by atoms with Crippen LogP contribution in [0.2, 0.25) is 0 Å². The van der Waals surface area contributed by atoms with E-state index in [2.05, 4.69) is 30.3 Å². The Labute approximate surface area is 106 Å². The molecule has 1 fully saturated rings. The molecule has 1 rings (SSSR count). The molecule has 1 saturated heterocycles. The van der Waals surface area contributed by atoms with E-state index in [9.17, 15) is 0 Å². The molecule has 1 heterocycles. The summed E-state index contributed by atoms with van der Waals surface area (Å²) in [5, 5.41) is 3.74. The topological polar surface area (TPSA) is 15.3 Å². The standard InChI is InChI=1S/C13H28N2S/c1-4-15-9-7-13(12(2)11-15)14-8-5-6-10-16-3/h12-14H,4-11H2,1-3H3. The number of likely N-dealkylation sites (tertiary alicyclic amines) is 1. The molecule has 0 radical (unpaired) electrons. The van der Waals surface area contributed by atoms with Crippen LogP contribution < -0.4 is 5.32 Å². The van der Waals surface area contributed by atoms with Gasteiger partial charge in [0.1, 0.15) is 0 Å². The number of hydrogen-bond donors (Lipinski definition) is 1. The van der Waals surface area contributed by atoms with E-state index < -0.39 is 0 Å². The highest BCUT2D eigenvalue weighted by Crippen LogP contribution is 2.16. The molecule has 1 N–H and O–H groups in total. The van der Waals surface area contributed by atoms with Gasteiger partial charge in [-0.1, -0.05) is 13.8 Å². The molecule has 0 bridgehead atoms. The molecule has 2 nitrogen and oxygen atoms in total. The normalized spacial score (nSPS) is 27.2. The summed E-state index contributed by atoms with van der Waals surface area (Å²) in [5.41, 5.74) is 0. The fraction of sp³-hybridized carbons (Fsp3) is 1.00. The van der Waals surface area contributed by atoms with Crippen LogP contribution in [0.5, 0.6) is 0 Å². The molecule has 0 aromatic rings. The largest absolute Gasteiger partial charge is 0.314 e. The summed E-state index contributed by atoms with van der Waals surface area (Å²) >= 11 is 1.96. The number of nitrogens with zero attached hydrogens (tertiary/aromatic N) is 1. The summed E-state index contributed by atoms with van der Waals surface area (Å²) in [6.45, 7) is 9.64. The third kappa shape index (κ3) is 5.07. The zero-order valence-electron chi connectivity index (χ0n) is 11.2. The molecular formula is C13H28N2S. The Hall–Kier alpha value is 0.270. The average Bonchev–Trinajstić information content (AvgIpc) is 2.30. The molecule has 0 saturated carbocycles. The lowest BCUT2D eigenvalue weighted by molar-refractivity contribution is 0.153. The lowest BCUT2D eigenvalue weighted by Gasteiger charge is -2.36. The molecule has 1 aliphatic rings. The van der Waals surface area contributed by atoms with Gasteiger partial charge in [0.15, 0.2) is 0 Å². The van der Waals surface area contributed by atoms with Crippen LogP contribution in [0.1, 0.15) is 33.1 Å². The summed E-state index contributed by atoms with van der Waals surface area (Å²) < 4.78 is 0. The second kappa shape index (κ2) is 8.37. The van der Waals surface area contributed by atoms with Crippen molar-refractivity contribution in [2.75, 3.05) is 38.2 Å². The Morgan fingerprint density at radius 3 is 2.81 bits per heavy atom. The minimum atomic E-state index is 0.761. The van der Waals surface area contributed by atoms with Gasteiger partial charge in [0.2, 0.25) is 0 Å². The van der Waals surface area contributed by atoms with Crippen LogP contribution in [0, 0.1) is 5.92 Å². The lowest BCUT2D eigenvalue weighted by Crippen LogP contribution is -2.48. The highest BCUT2D eigenvalue weighted by atomic mass is 32.2. The van der Waals surface area contributed by atoms with Gasteiger partial charge in [-0.3, -0.25) is 0 Å². The third-order valence-corrected chi connectivity index (χ3v) is 4.32. The van der Waals surface area contributed by atoms with E-state index in [0.717, 1.165) is 12.0 Å². The fourth-order valence-electron chi connectivity index (χ4n) is 2.48. The smallest absolute Gasteiger partial charge is 0.0117 e. The zero-order chi connectivity index (χ0) is 11.8. The van der Waals surface area contributed by atoms with E-state index in [0.29, 0.717) is 0 Å². The first-order valence-electron chi connectivity index (χ1n) is 6.72. The quantitative estimate of drug-likeness (QED) is 0.693. The maximum Gasteiger partial charge on any atom is 0.0117 e. The lowest BCUT2D eigenvalue weighted by atomic mass is 9.94. The Kier molecular flexibility index (Phi) is 7.50. The van der Waals surface area contributed by atoms with Gasteiger partial charge >= 0.3 is 0 Å². The summed E-state index contributed by atoms with van der Waals surface area (Å²) in [6, 6.07) is 0.761. The molecule has 16 heavy (non-hydrogen) atoms. The summed E-state index contributed by atoms with van der Waals surface area (Å²) in [7, 11) is 0. The van der Waals surface area contributed by atoms with Crippen LogP contribution in [0.15, 0.2) is 0 Å². The van der Waals surface area contributed by atoms with E-state index in [1.807, 2.05) is 11.8 Å². The first kappa shape index (κ1) is 14.3. The molecule has 2 atom stereocenters. The first-order valence-corrected chi connectivity index (χ1v) is 8.12. The van der Waals surface area contributed by atoms with Gasteiger partial charge < -0.3 is 10.2 Å². The number of hydrogen-bond acceptors (Lipinski definition) is 3. The van der Waals surface area contributed by atoms with Crippen molar-refractivity contribution in [1.29, 1.82) is 0 Å². The Bertz CT molecular complexity index is 175. The number of rotatable bonds is 7. The van der Waals surface area contributed by atoms with Gasteiger partial charge in [0.05, 0.1) is 0 Å². The van der Waals surface area contributed by atoms with Crippen LogP contribution >= 0.6 is 11.8 Å². The van der Waals surface area contributed by atoms with Crippen molar-refractivity contribution >= 4 is 11.8 Å². The minimum absolute atomic E-state index is 0.761. The van der Waals surface area contributed by atoms with Gasteiger partial charge in [0, 0.05) is 12.6 Å². The second-order valence-electron chi connectivity index (χ2n) is 4.92. The van der Waals surface area contributed by atoms with E-state index >= 15 is 0 Å². The molecule has 3 heteroatoms. The van der Waals surface area contributed by atoms with E-state index in [1.165, 1.54) is 51.2 Å². The summed E-state index contributed by atoms with van der Waals surface area (Å²) in [4.78, 5) is 2.57. The van der Waals surface area contributed by atoms with E-state index in [-0.39, 0.29) is 0 Å². The molecule has 2 unspecified atom stereocenters. The molecule has 0 aliphatic carbocycles. The van der Waals surface area contributed by atoms with Gasteiger partial charge in [0.25, 0.3) is 0 Å². The van der Waals surface area contributed by atoms with Crippen LogP contribution in [0.4, 0.5) is 0 Å². The maximum absolute atomic E-state index is 3.74. The van der Waals surface area contributed by atoms with Gasteiger partial charge in [-0.25, -0.2) is 0 Å². The van der Waals surface area contributed by atoms with Crippen LogP contribution in [0.25, 0.3) is 0 Å². The summed E-state index contributed by atoms with van der Waals surface area (Å²) in [6.07, 6.45) is 6.21. The van der Waals surface area contributed by atoms with Crippen molar-refractivity contribution < 1.29 is 0 Å². The van der Waals surface area contributed by atoms with Crippen LogP contribution in [-0.4, -0.2) is 49.1 Å². The van der Waals surface area contributed by atoms with Crippen LogP contribution in [-0.2, 0) is 0 Å². The van der Waals surface area contributed by atoms with Crippen molar-refractivity contribution in [2.45, 2.75) is 39.2 Å². The summed E-state index contributed by atoms with van der Waals surface area (Å²) in [5.74, 6) is 2.13.